The van der Waals surface area contributed by atoms with Gasteiger partial charge in [0.2, 0.25) is 0 Å². The van der Waals surface area contributed by atoms with E-state index in [9.17, 15) is 4.79 Å². The summed E-state index contributed by atoms with van der Waals surface area (Å²) in [5.41, 5.74) is 3.52. The SMILES string of the molecule is Cc1ccc(CCCC(=O)C2=C[CH]2)cc1. The lowest BCUT2D eigenvalue weighted by Crippen LogP contribution is -1.96. The van der Waals surface area contributed by atoms with Crippen LogP contribution in [0.25, 0.3) is 0 Å². The summed E-state index contributed by atoms with van der Waals surface area (Å²) in [7, 11) is 0. The maximum atomic E-state index is 11.4. The van der Waals surface area contributed by atoms with E-state index in [1.165, 1.54) is 11.1 Å². The van der Waals surface area contributed by atoms with Gasteiger partial charge in [0.25, 0.3) is 0 Å². The fourth-order valence-electron chi connectivity index (χ4n) is 1.58. The standard InChI is InChI=1S/C14H15O/c1-11-5-7-12(8-6-11)3-2-4-14(15)13-9-10-13/h5-10H,2-4H2,1H3. The highest BCUT2D eigenvalue weighted by Crippen LogP contribution is 2.20. The van der Waals surface area contributed by atoms with Crippen molar-refractivity contribution in [1.29, 1.82) is 0 Å². The van der Waals surface area contributed by atoms with Crippen LogP contribution in [-0.2, 0) is 11.2 Å². The Kier molecular flexibility index (Phi) is 3.00. The smallest absolute Gasteiger partial charge is 0.159 e. The summed E-state index contributed by atoms with van der Waals surface area (Å²) >= 11 is 0. The molecule has 0 bridgehead atoms. The quantitative estimate of drug-likeness (QED) is 0.712. The number of Topliss-reactive ketones (excluding diaryl/α,β-unsaturated/α-hetero) is 1. The predicted molar refractivity (Wildman–Crippen MR) is 61.5 cm³/mol. The van der Waals surface area contributed by atoms with Gasteiger partial charge in [-0.1, -0.05) is 35.9 Å². The Hall–Kier alpha value is -1.37. The maximum Gasteiger partial charge on any atom is 0.159 e. The number of aryl methyl sites for hydroxylation is 2. The number of hydrogen-bond acceptors (Lipinski definition) is 1. The number of rotatable bonds is 5. The molecule has 1 nitrogen and oxygen atoms in total. The summed E-state index contributed by atoms with van der Waals surface area (Å²) < 4.78 is 0. The first kappa shape index (κ1) is 10.2. The Balaban J connectivity index is 1.75. The average molecular weight is 199 g/mol. The van der Waals surface area contributed by atoms with Crippen molar-refractivity contribution in [2.24, 2.45) is 0 Å². The molecule has 1 aromatic carbocycles. The van der Waals surface area contributed by atoms with Crippen molar-refractivity contribution >= 4 is 5.78 Å². The van der Waals surface area contributed by atoms with Gasteiger partial charge in [0, 0.05) is 12.8 Å². The second-order valence-electron chi connectivity index (χ2n) is 4.05. The van der Waals surface area contributed by atoms with Crippen LogP contribution in [0.15, 0.2) is 35.9 Å². The van der Waals surface area contributed by atoms with Crippen molar-refractivity contribution in [2.75, 3.05) is 0 Å². The van der Waals surface area contributed by atoms with E-state index in [2.05, 4.69) is 31.2 Å². The molecule has 0 amide bonds. The average Bonchev–Trinajstić information content (AvgIpc) is 3.04. The fraction of sp³-hybridized carbons (Fsp3) is 0.286. The lowest BCUT2D eigenvalue weighted by molar-refractivity contribution is -0.115. The lowest BCUT2D eigenvalue weighted by Gasteiger charge is -2.00. The Bertz CT molecular complexity index is 384. The van der Waals surface area contributed by atoms with E-state index >= 15 is 0 Å². The zero-order valence-electron chi connectivity index (χ0n) is 8.99. The third-order valence-corrected chi connectivity index (χ3v) is 2.65. The first-order valence-corrected chi connectivity index (χ1v) is 5.39. The molecule has 2 rings (SSSR count). The Labute approximate surface area is 90.8 Å². The highest BCUT2D eigenvalue weighted by atomic mass is 16.1. The van der Waals surface area contributed by atoms with Crippen molar-refractivity contribution in [3.8, 4) is 0 Å². The summed E-state index contributed by atoms with van der Waals surface area (Å²) in [6.07, 6.45) is 6.39. The first-order valence-electron chi connectivity index (χ1n) is 5.39. The van der Waals surface area contributed by atoms with Crippen molar-refractivity contribution < 1.29 is 4.79 Å². The van der Waals surface area contributed by atoms with Gasteiger partial charge < -0.3 is 0 Å². The fourth-order valence-corrected chi connectivity index (χ4v) is 1.58. The molecule has 0 fully saturated rings. The summed E-state index contributed by atoms with van der Waals surface area (Å²) in [6.45, 7) is 2.09. The summed E-state index contributed by atoms with van der Waals surface area (Å²) in [5.74, 6) is 0.294. The van der Waals surface area contributed by atoms with E-state index in [1.807, 2.05) is 12.5 Å². The number of benzene rings is 1. The van der Waals surface area contributed by atoms with Gasteiger partial charge in [-0.15, -0.1) is 0 Å². The maximum absolute atomic E-state index is 11.4. The molecule has 77 valence electrons. The number of carbonyl (C=O) groups is 1. The van der Waals surface area contributed by atoms with Crippen LogP contribution in [0.3, 0.4) is 0 Å². The van der Waals surface area contributed by atoms with Gasteiger partial charge in [0.05, 0.1) is 0 Å². The number of ketones is 1. The zero-order valence-corrected chi connectivity index (χ0v) is 8.99. The molecule has 0 saturated carbocycles. The van der Waals surface area contributed by atoms with E-state index in [-0.39, 0.29) is 0 Å². The van der Waals surface area contributed by atoms with Crippen LogP contribution in [0.5, 0.6) is 0 Å². The third kappa shape index (κ3) is 3.05. The van der Waals surface area contributed by atoms with Gasteiger partial charge in [-0.05, 0) is 30.9 Å². The molecule has 0 aromatic heterocycles. The van der Waals surface area contributed by atoms with Crippen molar-refractivity contribution in [3.05, 3.63) is 53.5 Å². The van der Waals surface area contributed by atoms with E-state index in [4.69, 9.17) is 0 Å². The lowest BCUT2D eigenvalue weighted by atomic mass is 10.0. The molecular formula is C14H15O. The van der Waals surface area contributed by atoms with Crippen molar-refractivity contribution in [1.82, 2.24) is 0 Å². The minimum absolute atomic E-state index is 0.294. The minimum atomic E-state index is 0.294. The van der Waals surface area contributed by atoms with Crippen LogP contribution < -0.4 is 0 Å². The van der Waals surface area contributed by atoms with E-state index in [0.29, 0.717) is 12.2 Å². The molecule has 1 aliphatic carbocycles. The summed E-state index contributed by atoms with van der Waals surface area (Å²) in [4.78, 5) is 11.4. The van der Waals surface area contributed by atoms with Gasteiger partial charge in [-0.2, -0.15) is 0 Å². The van der Waals surface area contributed by atoms with Gasteiger partial charge in [0.1, 0.15) is 0 Å². The van der Waals surface area contributed by atoms with E-state index in [1.54, 1.807) is 0 Å². The van der Waals surface area contributed by atoms with Crippen LogP contribution in [0.4, 0.5) is 0 Å². The molecule has 1 radical (unpaired) electrons. The molecule has 1 heteroatoms. The molecule has 0 heterocycles. The highest BCUT2D eigenvalue weighted by Gasteiger charge is 2.16. The first-order chi connectivity index (χ1) is 7.25. The summed E-state index contributed by atoms with van der Waals surface area (Å²) in [5, 5.41) is 0. The molecule has 0 atom stereocenters. The van der Waals surface area contributed by atoms with Crippen LogP contribution in [0.1, 0.15) is 24.0 Å². The number of carbonyl (C=O) groups excluding carboxylic acids is 1. The monoisotopic (exact) mass is 199 g/mol. The number of hydrogen-bond donors (Lipinski definition) is 0. The van der Waals surface area contributed by atoms with Crippen LogP contribution in [0.2, 0.25) is 0 Å². The van der Waals surface area contributed by atoms with Gasteiger partial charge >= 0.3 is 0 Å². The van der Waals surface area contributed by atoms with E-state index in [0.717, 1.165) is 18.4 Å². The Morgan fingerprint density at radius 1 is 1.20 bits per heavy atom. The minimum Gasteiger partial charge on any atom is -0.295 e. The molecule has 0 saturated heterocycles. The predicted octanol–water partition coefficient (Wildman–Crippen LogP) is 3.03. The Morgan fingerprint density at radius 2 is 1.87 bits per heavy atom. The second-order valence-corrected chi connectivity index (χ2v) is 4.05. The third-order valence-electron chi connectivity index (χ3n) is 2.65. The zero-order chi connectivity index (χ0) is 10.7. The summed E-state index contributed by atoms with van der Waals surface area (Å²) in [6, 6.07) is 8.52. The molecule has 0 unspecified atom stereocenters. The normalized spacial score (nSPS) is 13.5. The largest absolute Gasteiger partial charge is 0.295 e. The molecule has 1 aromatic rings. The van der Waals surface area contributed by atoms with Crippen LogP contribution in [-0.4, -0.2) is 5.78 Å². The van der Waals surface area contributed by atoms with Gasteiger partial charge in [0.15, 0.2) is 5.78 Å². The molecule has 0 N–H and O–H groups in total. The van der Waals surface area contributed by atoms with E-state index < -0.39 is 0 Å². The second kappa shape index (κ2) is 4.43. The van der Waals surface area contributed by atoms with Gasteiger partial charge in [-0.3, -0.25) is 4.79 Å². The van der Waals surface area contributed by atoms with Crippen molar-refractivity contribution in [3.63, 3.8) is 0 Å². The Morgan fingerprint density at radius 3 is 2.47 bits per heavy atom. The molecule has 1 aliphatic rings. The highest BCUT2D eigenvalue weighted by molar-refractivity contribution is 6.02. The molecular weight excluding hydrogens is 184 g/mol. The molecule has 15 heavy (non-hydrogen) atoms. The topological polar surface area (TPSA) is 17.1 Å². The molecule has 0 spiro atoms. The van der Waals surface area contributed by atoms with Crippen LogP contribution >= 0.6 is 0 Å². The molecule has 0 aliphatic heterocycles. The van der Waals surface area contributed by atoms with Crippen molar-refractivity contribution in [2.45, 2.75) is 26.2 Å². The van der Waals surface area contributed by atoms with Crippen LogP contribution in [0, 0.1) is 13.3 Å². The number of allylic oxidation sites excluding steroid dienone is 2. The van der Waals surface area contributed by atoms with Gasteiger partial charge in [-0.25, -0.2) is 0 Å².